The lowest BCUT2D eigenvalue weighted by Crippen LogP contribution is -2.39. The number of nitrogens with zero attached hydrogens (tertiary/aromatic N) is 1. The Bertz CT molecular complexity index is 735. The molecule has 6 nitrogen and oxygen atoms in total. The normalized spacial score (nSPS) is 22.1. The highest BCUT2D eigenvalue weighted by Gasteiger charge is 2.32. The summed E-state index contributed by atoms with van der Waals surface area (Å²) in [5, 5.41) is 10.6. The van der Waals surface area contributed by atoms with Gasteiger partial charge in [0.2, 0.25) is 11.8 Å². The molecule has 0 aliphatic carbocycles. The third kappa shape index (κ3) is 1.65. The Labute approximate surface area is 114 Å². The van der Waals surface area contributed by atoms with Crippen LogP contribution in [-0.4, -0.2) is 17.0 Å². The zero-order chi connectivity index (χ0) is 13.7. The van der Waals surface area contributed by atoms with Crippen molar-refractivity contribution in [3.63, 3.8) is 0 Å². The third-order valence-electron chi connectivity index (χ3n) is 4.02. The quantitative estimate of drug-likeness (QED) is 0.754. The van der Waals surface area contributed by atoms with Crippen LogP contribution in [0.5, 0.6) is 0 Å². The number of aromatic nitrogens is 1. The van der Waals surface area contributed by atoms with E-state index in [4.69, 9.17) is 4.52 Å². The number of benzene rings is 1. The van der Waals surface area contributed by atoms with E-state index in [1.54, 1.807) is 0 Å². The van der Waals surface area contributed by atoms with Crippen molar-refractivity contribution in [1.29, 1.82) is 0 Å². The summed E-state index contributed by atoms with van der Waals surface area (Å²) in [6.45, 7) is 1.66. The zero-order valence-electron chi connectivity index (χ0n) is 10.7. The number of rotatable bonds is 1. The molecule has 6 heteroatoms. The molecule has 0 bridgehead atoms. The molecule has 0 saturated carbocycles. The maximum Gasteiger partial charge on any atom is 0.235 e. The molecule has 2 amide bonds. The zero-order valence-corrected chi connectivity index (χ0v) is 10.7. The number of amides is 2. The highest BCUT2D eigenvalue weighted by Crippen LogP contribution is 2.32. The topological polar surface area (TPSA) is 84.2 Å². The first-order valence-electron chi connectivity index (χ1n) is 6.68. The molecule has 2 aromatic rings. The van der Waals surface area contributed by atoms with Crippen molar-refractivity contribution in [2.45, 2.75) is 31.8 Å². The van der Waals surface area contributed by atoms with E-state index in [2.05, 4.69) is 15.8 Å². The van der Waals surface area contributed by atoms with Gasteiger partial charge in [0.25, 0.3) is 0 Å². The van der Waals surface area contributed by atoms with Gasteiger partial charge in [-0.1, -0.05) is 5.16 Å². The Morgan fingerprint density at radius 2 is 2.00 bits per heavy atom. The van der Waals surface area contributed by atoms with Crippen LogP contribution >= 0.6 is 0 Å². The second-order valence-electron chi connectivity index (χ2n) is 5.29. The molecule has 1 aromatic carbocycles. The number of carbonyl (C=O) groups excluding carboxylic acids is 2. The van der Waals surface area contributed by atoms with E-state index in [1.165, 1.54) is 11.1 Å². The van der Waals surface area contributed by atoms with Crippen LogP contribution < -0.4 is 10.6 Å². The Balaban J connectivity index is 1.80. The average molecular weight is 271 g/mol. The van der Waals surface area contributed by atoms with Crippen LogP contribution in [0.25, 0.3) is 11.0 Å². The fourth-order valence-electron chi connectivity index (χ4n) is 2.96. The van der Waals surface area contributed by atoms with Gasteiger partial charge in [-0.15, -0.1) is 0 Å². The Kier molecular flexibility index (Phi) is 2.40. The number of fused-ring (bicyclic) bond motifs is 2. The number of hydrogen-bond acceptors (Lipinski definition) is 5. The molecule has 2 aliphatic heterocycles. The molecule has 1 saturated heterocycles. The maximum atomic E-state index is 12.0. The van der Waals surface area contributed by atoms with E-state index in [0.29, 0.717) is 24.1 Å². The van der Waals surface area contributed by atoms with Crippen molar-refractivity contribution >= 4 is 22.8 Å². The number of hydrogen-bond donors (Lipinski definition) is 2. The highest BCUT2D eigenvalue weighted by atomic mass is 16.5. The molecule has 1 atom stereocenters. The highest BCUT2D eigenvalue weighted by molar-refractivity contribution is 6.02. The number of carbonyl (C=O) groups is 2. The van der Waals surface area contributed by atoms with Gasteiger partial charge in [-0.25, -0.2) is 0 Å². The monoisotopic (exact) mass is 271 g/mol. The van der Waals surface area contributed by atoms with Gasteiger partial charge < -0.3 is 9.84 Å². The van der Waals surface area contributed by atoms with E-state index in [9.17, 15) is 9.59 Å². The molecule has 4 rings (SSSR count). The summed E-state index contributed by atoms with van der Waals surface area (Å²) < 4.78 is 5.36. The average Bonchev–Trinajstić information content (AvgIpc) is 3.02. The number of piperidine rings is 1. The van der Waals surface area contributed by atoms with Gasteiger partial charge in [-0.3, -0.25) is 14.9 Å². The van der Waals surface area contributed by atoms with Gasteiger partial charge in [-0.2, -0.15) is 0 Å². The van der Waals surface area contributed by atoms with E-state index in [1.807, 2.05) is 12.1 Å². The molecule has 3 heterocycles. The van der Waals surface area contributed by atoms with Crippen molar-refractivity contribution in [2.75, 3.05) is 0 Å². The van der Waals surface area contributed by atoms with Crippen molar-refractivity contribution in [1.82, 2.24) is 15.8 Å². The molecule has 20 heavy (non-hydrogen) atoms. The van der Waals surface area contributed by atoms with Crippen molar-refractivity contribution in [2.24, 2.45) is 0 Å². The Hall–Kier alpha value is -2.21. The van der Waals surface area contributed by atoms with Gasteiger partial charge in [-0.05, 0) is 29.7 Å². The van der Waals surface area contributed by atoms with Gasteiger partial charge in [0.15, 0.2) is 5.58 Å². The molecule has 0 radical (unpaired) electrons. The molecule has 2 N–H and O–H groups in total. The lowest BCUT2D eigenvalue weighted by Gasteiger charge is -2.18. The lowest BCUT2D eigenvalue weighted by atomic mass is 9.92. The minimum absolute atomic E-state index is 0.218. The molecule has 1 unspecified atom stereocenters. The summed E-state index contributed by atoms with van der Waals surface area (Å²) in [6.07, 6.45) is 0.832. The molecular weight excluding hydrogens is 258 g/mol. The van der Waals surface area contributed by atoms with Gasteiger partial charge in [0, 0.05) is 24.9 Å². The Morgan fingerprint density at radius 3 is 2.80 bits per heavy atom. The fraction of sp³-hybridized carbons (Fsp3) is 0.357. The molecule has 1 fully saturated rings. The largest absolute Gasteiger partial charge is 0.356 e. The standard InChI is InChI=1S/C14H13N3O3/c18-12-2-1-9(14(19)16-12)13-10-3-7-5-15-6-8(7)4-11(10)20-17-13/h3-4,9,15H,1-2,5-6H2,(H,16,18,19). The summed E-state index contributed by atoms with van der Waals surface area (Å²) in [6, 6.07) is 4.02. The van der Waals surface area contributed by atoms with Gasteiger partial charge in [0.1, 0.15) is 5.69 Å². The minimum Gasteiger partial charge on any atom is -0.356 e. The van der Waals surface area contributed by atoms with Gasteiger partial charge in [0.05, 0.1) is 5.92 Å². The summed E-state index contributed by atoms with van der Waals surface area (Å²) in [7, 11) is 0. The molecule has 2 aliphatic rings. The second kappa shape index (κ2) is 4.14. The van der Waals surface area contributed by atoms with Crippen LogP contribution in [0.1, 0.15) is 35.6 Å². The number of nitrogens with one attached hydrogen (secondary N) is 2. The summed E-state index contributed by atoms with van der Waals surface area (Å²) in [5.41, 5.74) is 3.77. The van der Waals surface area contributed by atoms with Crippen LogP contribution in [0.15, 0.2) is 16.7 Å². The van der Waals surface area contributed by atoms with Gasteiger partial charge >= 0.3 is 0 Å². The van der Waals surface area contributed by atoms with Crippen LogP contribution in [0.3, 0.4) is 0 Å². The molecule has 102 valence electrons. The Morgan fingerprint density at radius 1 is 1.20 bits per heavy atom. The van der Waals surface area contributed by atoms with E-state index in [0.717, 1.165) is 18.5 Å². The second-order valence-corrected chi connectivity index (χ2v) is 5.29. The maximum absolute atomic E-state index is 12.0. The van der Waals surface area contributed by atoms with Crippen LogP contribution in [0.2, 0.25) is 0 Å². The number of imide groups is 1. The van der Waals surface area contributed by atoms with Crippen molar-refractivity contribution in [3.8, 4) is 0 Å². The SMILES string of the molecule is O=C1CCC(c2noc3cc4c(cc23)CNC4)C(=O)N1. The fourth-order valence-corrected chi connectivity index (χ4v) is 2.96. The van der Waals surface area contributed by atoms with E-state index >= 15 is 0 Å². The lowest BCUT2D eigenvalue weighted by molar-refractivity contribution is -0.134. The van der Waals surface area contributed by atoms with E-state index < -0.39 is 5.92 Å². The molecule has 0 spiro atoms. The van der Waals surface area contributed by atoms with E-state index in [-0.39, 0.29) is 11.8 Å². The van der Waals surface area contributed by atoms with Crippen molar-refractivity contribution < 1.29 is 14.1 Å². The molecule has 1 aromatic heterocycles. The minimum atomic E-state index is -0.402. The summed E-state index contributed by atoms with van der Waals surface area (Å²) in [5.74, 6) is -0.902. The third-order valence-corrected chi connectivity index (χ3v) is 4.02. The van der Waals surface area contributed by atoms with Crippen LogP contribution in [-0.2, 0) is 22.7 Å². The predicted molar refractivity (Wildman–Crippen MR) is 69.7 cm³/mol. The molecular formula is C14H13N3O3. The smallest absolute Gasteiger partial charge is 0.235 e. The summed E-state index contributed by atoms with van der Waals surface area (Å²) >= 11 is 0. The first kappa shape index (κ1) is 11.6. The van der Waals surface area contributed by atoms with Crippen LogP contribution in [0.4, 0.5) is 0 Å². The first-order valence-corrected chi connectivity index (χ1v) is 6.68. The van der Waals surface area contributed by atoms with Crippen molar-refractivity contribution in [3.05, 3.63) is 29.0 Å². The summed E-state index contributed by atoms with van der Waals surface area (Å²) in [4.78, 5) is 23.2. The predicted octanol–water partition coefficient (Wildman–Crippen LogP) is 0.951. The first-order chi connectivity index (χ1) is 9.72. The van der Waals surface area contributed by atoms with Crippen LogP contribution in [0, 0.1) is 0 Å².